The highest BCUT2D eigenvalue weighted by molar-refractivity contribution is 5.89. The molecule has 46 valence electrons. The van der Waals surface area contributed by atoms with Crippen LogP contribution in [0, 0.1) is 0 Å². The molecule has 0 amide bonds. The van der Waals surface area contributed by atoms with E-state index < -0.39 is 0 Å². The lowest BCUT2D eigenvalue weighted by Crippen LogP contribution is -2.11. The molecular formula is C7H13N. The van der Waals surface area contributed by atoms with Gasteiger partial charge in [-0.1, -0.05) is 0 Å². The second kappa shape index (κ2) is 2.29. The second-order valence-electron chi connectivity index (χ2n) is 2.64. The average Bonchev–Trinajstić information content (AvgIpc) is 1.55. The van der Waals surface area contributed by atoms with E-state index in [9.17, 15) is 0 Å². The topological polar surface area (TPSA) is 12.4 Å². The minimum atomic E-state index is 0.519. The van der Waals surface area contributed by atoms with Crippen molar-refractivity contribution in [2.75, 3.05) is 0 Å². The summed E-state index contributed by atoms with van der Waals surface area (Å²) in [6, 6.07) is 0.519. The fourth-order valence-electron chi connectivity index (χ4n) is 0.829. The van der Waals surface area contributed by atoms with Crippen LogP contribution < -0.4 is 0 Å². The molecule has 1 aliphatic rings. The Bertz CT molecular complexity index is 97.0. The quantitative estimate of drug-likeness (QED) is 0.491. The van der Waals surface area contributed by atoms with Crippen LogP contribution in [-0.2, 0) is 0 Å². The fraction of sp³-hybridized carbons (Fsp3) is 0.857. The maximum Gasteiger partial charge on any atom is 0.0442 e. The molecule has 0 bridgehead atoms. The fourth-order valence-corrected chi connectivity index (χ4v) is 0.829. The van der Waals surface area contributed by atoms with Gasteiger partial charge < -0.3 is 0 Å². The number of hydrogen-bond donors (Lipinski definition) is 0. The minimum absolute atomic E-state index is 0.519. The third-order valence-corrected chi connectivity index (χ3v) is 1.37. The van der Waals surface area contributed by atoms with Gasteiger partial charge in [-0.15, -0.1) is 0 Å². The highest BCUT2D eigenvalue weighted by Gasteiger charge is 2.09. The molecule has 0 aliphatic heterocycles. The van der Waals surface area contributed by atoms with Crippen LogP contribution in [0.15, 0.2) is 4.99 Å². The van der Waals surface area contributed by atoms with Crippen molar-refractivity contribution in [2.24, 2.45) is 4.99 Å². The van der Waals surface area contributed by atoms with Crippen molar-refractivity contribution < 1.29 is 0 Å². The molecule has 8 heavy (non-hydrogen) atoms. The highest BCUT2D eigenvalue weighted by atomic mass is 14.8. The Hall–Kier alpha value is -0.330. The van der Waals surface area contributed by atoms with Crippen LogP contribution in [0.4, 0.5) is 0 Å². The SMILES string of the molecule is CC(C)N=C1CCC1. The van der Waals surface area contributed by atoms with Gasteiger partial charge in [0.25, 0.3) is 0 Å². The molecule has 0 spiro atoms. The Labute approximate surface area is 50.8 Å². The zero-order valence-corrected chi connectivity index (χ0v) is 5.65. The van der Waals surface area contributed by atoms with Crippen molar-refractivity contribution in [1.82, 2.24) is 0 Å². The van der Waals surface area contributed by atoms with Crippen molar-refractivity contribution in [1.29, 1.82) is 0 Å². The molecule has 1 aliphatic carbocycles. The van der Waals surface area contributed by atoms with Gasteiger partial charge in [-0.2, -0.15) is 0 Å². The number of aliphatic imine (C=N–C) groups is 1. The van der Waals surface area contributed by atoms with Gasteiger partial charge in [0.05, 0.1) is 0 Å². The molecule has 0 aromatic heterocycles. The van der Waals surface area contributed by atoms with Gasteiger partial charge in [0.15, 0.2) is 0 Å². The summed E-state index contributed by atoms with van der Waals surface area (Å²) in [6.07, 6.45) is 3.89. The van der Waals surface area contributed by atoms with Gasteiger partial charge >= 0.3 is 0 Å². The first-order chi connectivity index (χ1) is 3.79. The van der Waals surface area contributed by atoms with Gasteiger partial charge in [0.1, 0.15) is 0 Å². The van der Waals surface area contributed by atoms with Gasteiger partial charge in [0, 0.05) is 11.8 Å². The molecule has 0 heterocycles. The Balaban J connectivity index is 2.30. The molecular weight excluding hydrogens is 98.1 g/mol. The van der Waals surface area contributed by atoms with Gasteiger partial charge in [-0.05, 0) is 33.1 Å². The summed E-state index contributed by atoms with van der Waals surface area (Å²) in [5.74, 6) is 0. The van der Waals surface area contributed by atoms with Crippen molar-refractivity contribution >= 4 is 5.71 Å². The van der Waals surface area contributed by atoms with Gasteiger partial charge in [-0.3, -0.25) is 4.99 Å². The van der Waals surface area contributed by atoms with E-state index in [1.54, 1.807) is 0 Å². The molecule has 1 nitrogen and oxygen atoms in total. The van der Waals surface area contributed by atoms with E-state index in [1.165, 1.54) is 25.0 Å². The smallest absolute Gasteiger partial charge is 0.0442 e. The first kappa shape index (κ1) is 5.80. The Kier molecular flexibility index (Phi) is 1.66. The predicted molar refractivity (Wildman–Crippen MR) is 36.4 cm³/mol. The average molecular weight is 111 g/mol. The van der Waals surface area contributed by atoms with Crippen LogP contribution in [0.25, 0.3) is 0 Å². The second-order valence-corrected chi connectivity index (χ2v) is 2.64. The van der Waals surface area contributed by atoms with Crippen LogP contribution in [0.3, 0.4) is 0 Å². The van der Waals surface area contributed by atoms with Crippen LogP contribution in [0.5, 0.6) is 0 Å². The maximum atomic E-state index is 4.40. The summed E-state index contributed by atoms with van der Waals surface area (Å²) in [5, 5.41) is 0. The summed E-state index contributed by atoms with van der Waals surface area (Å²) < 4.78 is 0. The number of nitrogens with zero attached hydrogens (tertiary/aromatic N) is 1. The molecule has 1 heteroatoms. The van der Waals surface area contributed by atoms with Crippen LogP contribution in [0.1, 0.15) is 33.1 Å². The van der Waals surface area contributed by atoms with Crippen LogP contribution in [0.2, 0.25) is 0 Å². The Morgan fingerprint density at radius 3 is 2.12 bits per heavy atom. The zero-order valence-electron chi connectivity index (χ0n) is 5.65. The standard InChI is InChI=1S/C7H13N/c1-6(2)8-7-4-3-5-7/h6H,3-5H2,1-2H3. The molecule has 0 atom stereocenters. The Morgan fingerprint density at radius 2 is 2.00 bits per heavy atom. The summed E-state index contributed by atoms with van der Waals surface area (Å²) in [7, 11) is 0. The van der Waals surface area contributed by atoms with E-state index in [1.807, 2.05) is 0 Å². The third-order valence-electron chi connectivity index (χ3n) is 1.37. The number of hydrogen-bond acceptors (Lipinski definition) is 1. The van der Waals surface area contributed by atoms with E-state index in [0.717, 1.165) is 0 Å². The lowest BCUT2D eigenvalue weighted by atomic mass is 9.97. The molecule has 0 aromatic carbocycles. The van der Waals surface area contributed by atoms with Crippen molar-refractivity contribution in [2.45, 2.75) is 39.2 Å². The predicted octanol–water partition coefficient (Wildman–Crippen LogP) is 2.02. The van der Waals surface area contributed by atoms with E-state index >= 15 is 0 Å². The zero-order chi connectivity index (χ0) is 5.98. The first-order valence-corrected chi connectivity index (χ1v) is 3.34. The normalized spacial score (nSPS) is 18.6. The molecule has 0 unspecified atom stereocenters. The largest absolute Gasteiger partial charge is 0.291 e. The summed E-state index contributed by atoms with van der Waals surface area (Å²) in [5.41, 5.74) is 1.43. The minimum Gasteiger partial charge on any atom is -0.291 e. The Morgan fingerprint density at radius 1 is 1.38 bits per heavy atom. The molecule has 1 rings (SSSR count). The van der Waals surface area contributed by atoms with E-state index in [-0.39, 0.29) is 0 Å². The molecule has 0 radical (unpaired) electrons. The van der Waals surface area contributed by atoms with E-state index in [4.69, 9.17) is 0 Å². The van der Waals surface area contributed by atoms with Crippen molar-refractivity contribution in [3.05, 3.63) is 0 Å². The molecule has 0 saturated heterocycles. The van der Waals surface area contributed by atoms with Crippen LogP contribution >= 0.6 is 0 Å². The van der Waals surface area contributed by atoms with Gasteiger partial charge in [0.2, 0.25) is 0 Å². The van der Waals surface area contributed by atoms with Crippen molar-refractivity contribution in [3.63, 3.8) is 0 Å². The lowest BCUT2D eigenvalue weighted by Gasteiger charge is -2.15. The van der Waals surface area contributed by atoms with E-state index in [2.05, 4.69) is 18.8 Å². The summed E-state index contributed by atoms with van der Waals surface area (Å²) >= 11 is 0. The van der Waals surface area contributed by atoms with Crippen molar-refractivity contribution in [3.8, 4) is 0 Å². The van der Waals surface area contributed by atoms with E-state index in [0.29, 0.717) is 6.04 Å². The summed E-state index contributed by atoms with van der Waals surface area (Å²) in [6.45, 7) is 4.26. The third kappa shape index (κ3) is 1.32. The summed E-state index contributed by atoms with van der Waals surface area (Å²) in [4.78, 5) is 4.40. The van der Waals surface area contributed by atoms with Crippen LogP contribution in [-0.4, -0.2) is 11.8 Å². The van der Waals surface area contributed by atoms with Gasteiger partial charge in [-0.25, -0.2) is 0 Å². The molecule has 1 fully saturated rings. The first-order valence-electron chi connectivity index (χ1n) is 3.34. The lowest BCUT2D eigenvalue weighted by molar-refractivity contribution is 0.749. The molecule has 1 saturated carbocycles. The molecule has 0 aromatic rings. The number of rotatable bonds is 1. The maximum absolute atomic E-state index is 4.40. The monoisotopic (exact) mass is 111 g/mol. The molecule has 0 N–H and O–H groups in total. The highest BCUT2D eigenvalue weighted by Crippen LogP contribution is 2.14.